The van der Waals surface area contributed by atoms with E-state index in [1.807, 2.05) is 59.2 Å². The first-order valence-electron chi connectivity index (χ1n) is 9.11. The molecule has 0 aliphatic heterocycles. The average Bonchev–Trinajstić information content (AvgIpc) is 3.06. The number of rotatable bonds is 7. The maximum atomic E-state index is 12.9. The predicted octanol–water partition coefficient (Wildman–Crippen LogP) is 4.80. The van der Waals surface area contributed by atoms with E-state index in [0.29, 0.717) is 34.0 Å². The second-order valence-electron chi connectivity index (χ2n) is 6.52. The number of nitrogens with zero attached hydrogens (tertiary/aromatic N) is 3. The van der Waals surface area contributed by atoms with Gasteiger partial charge in [0.25, 0.3) is 5.56 Å². The molecule has 0 saturated heterocycles. The Hall–Kier alpha value is -3.03. The lowest BCUT2D eigenvalue weighted by Gasteiger charge is -2.10. The number of thiazole rings is 1. The van der Waals surface area contributed by atoms with E-state index in [1.165, 1.54) is 11.3 Å². The molecular formula is C22H19N3O2S2. The van der Waals surface area contributed by atoms with Crippen molar-refractivity contribution in [1.29, 1.82) is 0 Å². The molecule has 0 fully saturated rings. The van der Waals surface area contributed by atoms with Gasteiger partial charge < -0.3 is 9.30 Å². The molecule has 0 radical (unpaired) electrons. The zero-order valence-electron chi connectivity index (χ0n) is 15.7. The molecule has 0 amide bonds. The monoisotopic (exact) mass is 421 g/mol. The molecular weight excluding hydrogens is 402 g/mol. The Labute approximate surface area is 177 Å². The molecule has 0 aliphatic carbocycles. The molecule has 0 spiro atoms. The lowest BCUT2D eigenvalue weighted by Crippen LogP contribution is -2.20. The maximum Gasteiger partial charge on any atom is 0.273 e. The second kappa shape index (κ2) is 8.55. The number of hydrogen-bond donors (Lipinski definition) is 0. The summed E-state index contributed by atoms with van der Waals surface area (Å²) < 4.78 is 10.5. The minimum absolute atomic E-state index is 0.0930. The van der Waals surface area contributed by atoms with Crippen molar-refractivity contribution in [3.63, 3.8) is 0 Å². The van der Waals surface area contributed by atoms with Crippen LogP contribution in [0.2, 0.25) is 0 Å². The van der Waals surface area contributed by atoms with Crippen LogP contribution in [0.15, 0.2) is 78.4 Å². The van der Waals surface area contributed by atoms with Gasteiger partial charge in [-0.1, -0.05) is 59.9 Å². The minimum Gasteiger partial charge on any atom is -0.489 e. The summed E-state index contributed by atoms with van der Waals surface area (Å²) in [6.45, 7) is 5.19. The highest BCUT2D eigenvalue weighted by molar-refractivity contribution is 7.73. The summed E-state index contributed by atoms with van der Waals surface area (Å²) in [6.07, 6.45) is 3.32. The van der Waals surface area contributed by atoms with Crippen LogP contribution in [0.4, 0.5) is 0 Å². The fourth-order valence-corrected chi connectivity index (χ4v) is 4.36. The van der Waals surface area contributed by atoms with E-state index in [0.717, 1.165) is 16.9 Å². The molecule has 7 heteroatoms. The van der Waals surface area contributed by atoms with Gasteiger partial charge in [-0.15, -0.1) is 6.58 Å². The van der Waals surface area contributed by atoms with Crippen molar-refractivity contribution >= 4 is 33.9 Å². The van der Waals surface area contributed by atoms with Crippen LogP contribution in [-0.4, -0.2) is 14.1 Å². The Morgan fingerprint density at radius 1 is 1.14 bits per heavy atom. The molecule has 2 aromatic carbocycles. The highest BCUT2D eigenvalue weighted by atomic mass is 32.1. The Kier molecular flexibility index (Phi) is 5.69. The molecule has 0 bridgehead atoms. The summed E-state index contributed by atoms with van der Waals surface area (Å²) in [7, 11) is 0. The van der Waals surface area contributed by atoms with Crippen LogP contribution in [0.3, 0.4) is 0 Å². The van der Waals surface area contributed by atoms with Gasteiger partial charge in [0.1, 0.15) is 23.4 Å². The second-order valence-corrected chi connectivity index (χ2v) is 8.16. The Morgan fingerprint density at radius 3 is 2.72 bits per heavy atom. The molecule has 0 saturated carbocycles. The number of ether oxygens (including phenoxy) is 1. The predicted molar refractivity (Wildman–Crippen MR) is 119 cm³/mol. The molecule has 0 aliphatic rings. The molecule has 2 heterocycles. The highest BCUT2D eigenvalue weighted by Crippen LogP contribution is 2.19. The van der Waals surface area contributed by atoms with Gasteiger partial charge in [-0.3, -0.25) is 9.36 Å². The van der Waals surface area contributed by atoms with E-state index in [4.69, 9.17) is 17.0 Å². The van der Waals surface area contributed by atoms with Crippen LogP contribution < -0.4 is 10.3 Å². The van der Waals surface area contributed by atoms with Crippen LogP contribution in [0.25, 0.3) is 10.3 Å². The van der Waals surface area contributed by atoms with Gasteiger partial charge in [-0.05, 0) is 35.5 Å². The molecule has 4 rings (SSSR count). The van der Waals surface area contributed by atoms with Crippen molar-refractivity contribution in [2.75, 3.05) is 0 Å². The third-order valence-electron chi connectivity index (χ3n) is 4.45. The van der Waals surface area contributed by atoms with Gasteiger partial charge in [0.2, 0.25) is 0 Å². The van der Waals surface area contributed by atoms with Crippen molar-refractivity contribution in [3.05, 3.63) is 99.0 Å². The summed E-state index contributed by atoms with van der Waals surface area (Å²) in [5.41, 5.74) is 2.59. The molecule has 5 nitrogen and oxygen atoms in total. The molecule has 146 valence electrons. The topological polar surface area (TPSA) is 49.0 Å². The first-order chi connectivity index (χ1) is 14.2. The molecule has 29 heavy (non-hydrogen) atoms. The zero-order valence-corrected chi connectivity index (χ0v) is 17.3. The lowest BCUT2D eigenvalue weighted by atomic mass is 10.2. The highest BCUT2D eigenvalue weighted by Gasteiger charge is 2.12. The van der Waals surface area contributed by atoms with E-state index < -0.39 is 0 Å². The van der Waals surface area contributed by atoms with Crippen LogP contribution in [0.5, 0.6) is 5.75 Å². The van der Waals surface area contributed by atoms with Gasteiger partial charge in [0, 0.05) is 6.54 Å². The Morgan fingerprint density at radius 2 is 1.93 bits per heavy atom. The average molecular weight is 422 g/mol. The van der Waals surface area contributed by atoms with Crippen LogP contribution in [0.1, 0.15) is 11.1 Å². The summed E-state index contributed by atoms with van der Waals surface area (Å²) in [4.78, 5) is 17.4. The molecule has 0 atom stereocenters. The standard InChI is InChI=1S/C22H19N3O2S2/c1-2-11-25-20-19(29-22(25)28)21(26)24(15-23-20)13-17-9-6-10-18(12-17)27-14-16-7-4-3-5-8-16/h2-10,12,15H,1,11,13-14H2. The van der Waals surface area contributed by atoms with Crippen molar-refractivity contribution in [1.82, 2.24) is 14.1 Å². The quantitative estimate of drug-likeness (QED) is 0.318. The summed E-state index contributed by atoms with van der Waals surface area (Å²) in [5, 5.41) is 0. The van der Waals surface area contributed by atoms with Gasteiger partial charge >= 0.3 is 0 Å². The van der Waals surface area contributed by atoms with E-state index in [2.05, 4.69) is 11.6 Å². The number of fused-ring (bicyclic) bond motifs is 1. The number of hydrogen-bond acceptors (Lipinski definition) is 5. The van der Waals surface area contributed by atoms with Crippen molar-refractivity contribution in [3.8, 4) is 5.75 Å². The molecule has 0 unspecified atom stereocenters. The summed E-state index contributed by atoms with van der Waals surface area (Å²) in [6, 6.07) is 17.8. The SMILES string of the molecule is C=CCn1c(=S)sc2c(=O)n(Cc3cccc(OCc4ccccc4)c3)cnc21. The molecule has 0 N–H and O–H groups in total. The van der Waals surface area contributed by atoms with Gasteiger partial charge in [0.05, 0.1) is 6.54 Å². The Bertz CT molecular complexity index is 1270. The molecule has 4 aromatic rings. The minimum atomic E-state index is -0.0930. The Balaban J connectivity index is 1.57. The van der Waals surface area contributed by atoms with Gasteiger partial charge in [-0.2, -0.15) is 0 Å². The third kappa shape index (κ3) is 4.21. The first-order valence-corrected chi connectivity index (χ1v) is 10.3. The van der Waals surface area contributed by atoms with Gasteiger partial charge in [-0.25, -0.2) is 4.98 Å². The van der Waals surface area contributed by atoms with Crippen LogP contribution in [0, 0.1) is 3.95 Å². The fraction of sp³-hybridized carbons (Fsp3) is 0.136. The van der Waals surface area contributed by atoms with E-state index in [-0.39, 0.29) is 5.56 Å². The van der Waals surface area contributed by atoms with Crippen LogP contribution in [-0.2, 0) is 19.7 Å². The normalized spacial score (nSPS) is 10.9. The number of allylic oxidation sites excluding steroid dienone is 1. The van der Waals surface area contributed by atoms with E-state index >= 15 is 0 Å². The van der Waals surface area contributed by atoms with Gasteiger partial charge in [0.15, 0.2) is 9.60 Å². The van der Waals surface area contributed by atoms with Crippen molar-refractivity contribution < 1.29 is 4.74 Å². The maximum absolute atomic E-state index is 12.9. The number of benzene rings is 2. The summed E-state index contributed by atoms with van der Waals surface area (Å²) in [5.74, 6) is 0.765. The fourth-order valence-electron chi connectivity index (χ4n) is 3.05. The van der Waals surface area contributed by atoms with E-state index in [1.54, 1.807) is 17.0 Å². The van der Waals surface area contributed by atoms with Crippen molar-refractivity contribution in [2.24, 2.45) is 0 Å². The zero-order chi connectivity index (χ0) is 20.2. The number of aromatic nitrogens is 3. The van der Waals surface area contributed by atoms with Crippen molar-refractivity contribution in [2.45, 2.75) is 19.7 Å². The van der Waals surface area contributed by atoms with Crippen LogP contribution >= 0.6 is 23.6 Å². The first kappa shape index (κ1) is 19.3. The lowest BCUT2D eigenvalue weighted by molar-refractivity contribution is 0.306. The van der Waals surface area contributed by atoms with E-state index in [9.17, 15) is 4.79 Å². The summed E-state index contributed by atoms with van der Waals surface area (Å²) >= 11 is 6.65. The molecule has 2 aromatic heterocycles. The third-order valence-corrected chi connectivity index (χ3v) is 5.88. The smallest absolute Gasteiger partial charge is 0.273 e. The largest absolute Gasteiger partial charge is 0.489 e.